The number of nitriles is 1. The van der Waals surface area contributed by atoms with Crippen LogP contribution in [-0.2, 0) is 6.54 Å². The van der Waals surface area contributed by atoms with Crippen molar-refractivity contribution < 1.29 is 0 Å². The third-order valence-electron chi connectivity index (χ3n) is 4.10. The number of fused-ring (bicyclic) bond motifs is 2. The summed E-state index contributed by atoms with van der Waals surface area (Å²) >= 11 is 0. The van der Waals surface area contributed by atoms with Crippen LogP contribution in [0, 0.1) is 11.3 Å². The fraction of sp³-hybridized carbons (Fsp3) is 0.533. The van der Waals surface area contributed by atoms with Crippen molar-refractivity contribution in [1.82, 2.24) is 10.2 Å². The van der Waals surface area contributed by atoms with Gasteiger partial charge in [0.05, 0.1) is 11.6 Å². The molecule has 102 valence electrons. The van der Waals surface area contributed by atoms with E-state index in [1.165, 1.54) is 31.4 Å². The predicted octanol–water partition coefficient (Wildman–Crippen LogP) is 2.31. The Labute approximate surface area is 121 Å². The van der Waals surface area contributed by atoms with Crippen LogP contribution in [0.15, 0.2) is 24.3 Å². The predicted molar refractivity (Wildman–Crippen MR) is 78.2 cm³/mol. The number of benzene rings is 1. The topological polar surface area (TPSA) is 39.1 Å². The highest BCUT2D eigenvalue weighted by molar-refractivity contribution is 5.85. The van der Waals surface area contributed by atoms with Gasteiger partial charge >= 0.3 is 0 Å². The zero-order valence-corrected chi connectivity index (χ0v) is 11.8. The van der Waals surface area contributed by atoms with Gasteiger partial charge in [-0.3, -0.25) is 4.90 Å². The lowest BCUT2D eigenvalue weighted by atomic mass is 10.1. The summed E-state index contributed by atoms with van der Waals surface area (Å²) in [6.45, 7) is 3.36. The largest absolute Gasteiger partial charge is 0.310 e. The van der Waals surface area contributed by atoms with Crippen LogP contribution in [-0.4, -0.2) is 30.1 Å². The first-order chi connectivity index (χ1) is 8.83. The molecule has 19 heavy (non-hydrogen) atoms. The molecule has 0 aliphatic carbocycles. The summed E-state index contributed by atoms with van der Waals surface area (Å²) in [5, 5.41) is 12.5. The van der Waals surface area contributed by atoms with Crippen LogP contribution in [0.25, 0.3) is 0 Å². The zero-order valence-electron chi connectivity index (χ0n) is 11.0. The molecule has 4 heteroatoms. The molecule has 2 bridgehead atoms. The van der Waals surface area contributed by atoms with Gasteiger partial charge < -0.3 is 5.32 Å². The van der Waals surface area contributed by atoms with Crippen molar-refractivity contribution in [2.75, 3.05) is 13.1 Å². The minimum absolute atomic E-state index is 0. The summed E-state index contributed by atoms with van der Waals surface area (Å²) in [7, 11) is 0. The fourth-order valence-electron chi connectivity index (χ4n) is 3.10. The normalized spacial score (nSPS) is 26.3. The van der Waals surface area contributed by atoms with Crippen LogP contribution in [0.3, 0.4) is 0 Å². The Hall–Kier alpha value is -1.08. The first kappa shape index (κ1) is 14.3. The molecule has 2 heterocycles. The molecular formula is C15H20ClN3. The Morgan fingerprint density at radius 1 is 1.16 bits per heavy atom. The van der Waals surface area contributed by atoms with Gasteiger partial charge in [0, 0.05) is 31.7 Å². The van der Waals surface area contributed by atoms with Crippen molar-refractivity contribution in [2.24, 2.45) is 0 Å². The first-order valence-corrected chi connectivity index (χ1v) is 6.81. The second-order valence-corrected chi connectivity index (χ2v) is 5.47. The van der Waals surface area contributed by atoms with Crippen molar-refractivity contribution in [2.45, 2.75) is 37.9 Å². The number of halogens is 1. The SMILES string of the molecule is Cl.N#Cc1ccc(CN2CCC3CCC(C2)N3)cc1. The molecule has 2 saturated heterocycles. The van der Waals surface area contributed by atoms with Gasteiger partial charge in [-0.15, -0.1) is 12.4 Å². The van der Waals surface area contributed by atoms with E-state index in [9.17, 15) is 0 Å². The molecule has 2 aliphatic heterocycles. The van der Waals surface area contributed by atoms with Crippen LogP contribution in [0.5, 0.6) is 0 Å². The third-order valence-corrected chi connectivity index (χ3v) is 4.10. The third kappa shape index (κ3) is 3.48. The molecule has 0 aromatic heterocycles. The molecule has 2 unspecified atom stereocenters. The summed E-state index contributed by atoms with van der Waals surface area (Å²) in [6.07, 6.45) is 3.96. The minimum atomic E-state index is 0. The Morgan fingerprint density at radius 2 is 1.89 bits per heavy atom. The molecule has 2 aliphatic rings. The number of nitrogens with zero attached hydrogens (tertiary/aromatic N) is 2. The molecule has 1 aromatic carbocycles. The van der Waals surface area contributed by atoms with Crippen LogP contribution < -0.4 is 5.32 Å². The summed E-state index contributed by atoms with van der Waals surface area (Å²) in [6, 6.07) is 11.6. The molecule has 3 rings (SSSR count). The van der Waals surface area contributed by atoms with E-state index in [1.54, 1.807) is 0 Å². The highest BCUT2D eigenvalue weighted by atomic mass is 35.5. The van der Waals surface area contributed by atoms with Gasteiger partial charge in [-0.25, -0.2) is 0 Å². The van der Waals surface area contributed by atoms with Gasteiger partial charge in [-0.2, -0.15) is 5.26 Å². The molecule has 2 atom stereocenters. The second kappa shape index (κ2) is 6.38. The summed E-state index contributed by atoms with van der Waals surface area (Å²) < 4.78 is 0. The van der Waals surface area contributed by atoms with Gasteiger partial charge in [0.2, 0.25) is 0 Å². The summed E-state index contributed by atoms with van der Waals surface area (Å²) in [5.74, 6) is 0. The number of hydrogen-bond acceptors (Lipinski definition) is 3. The van der Waals surface area contributed by atoms with Crippen molar-refractivity contribution in [1.29, 1.82) is 5.26 Å². The Morgan fingerprint density at radius 3 is 2.63 bits per heavy atom. The van der Waals surface area contributed by atoms with Gasteiger partial charge in [0.15, 0.2) is 0 Å². The first-order valence-electron chi connectivity index (χ1n) is 6.81. The molecule has 2 fully saturated rings. The quantitative estimate of drug-likeness (QED) is 0.902. The molecule has 0 amide bonds. The van der Waals surface area contributed by atoms with Gasteiger partial charge in [-0.05, 0) is 37.0 Å². The monoisotopic (exact) mass is 277 g/mol. The van der Waals surface area contributed by atoms with Crippen LogP contribution >= 0.6 is 12.4 Å². The van der Waals surface area contributed by atoms with Crippen molar-refractivity contribution >= 4 is 12.4 Å². The van der Waals surface area contributed by atoms with Gasteiger partial charge in [-0.1, -0.05) is 12.1 Å². The molecule has 0 saturated carbocycles. The van der Waals surface area contributed by atoms with Crippen molar-refractivity contribution in [3.8, 4) is 6.07 Å². The Balaban J connectivity index is 0.00000133. The summed E-state index contributed by atoms with van der Waals surface area (Å²) in [5.41, 5.74) is 2.06. The maximum Gasteiger partial charge on any atom is 0.0991 e. The molecular weight excluding hydrogens is 258 g/mol. The van der Waals surface area contributed by atoms with E-state index < -0.39 is 0 Å². The Kier molecular flexibility index (Phi) is 4.81. The number of rotatable bonds is 2. The molecule has 0 radical (unpaired) electrons. The smallest absolute Gasteiger partial charge is 0.0991 e. The minimum Gasteiger partial charge on any atom is -0.310 e. The standard InChI is InChI=1S/C15H19N3.ClH/c16-9-12-1-3-13(4-2-12)10-18-8-7-14-5-6-15(11-18)17-14;/h1-4,14-15,17H,5-8,10-11H2;1H. The van der Waals surface area contributed by atoms with E-state index in [2.05, 4.69) is 28.4 Å². The fourth-order valence-corrected chi connectivity index (χ4v) is 3.10. The van der Waals surface area contributed by atoms with E-state index in [0.717, 1.165) is 24.7 Å². The number of nitrogens with one attached hydrogen (secondary N) is 1. The lowest BCUT2D eigenvalue weighted by Crippen LogP contribution is -2.34. The highest BCUT2D eigenvalue weighted by Gasteiger charge is 2.28. The maximum atomic E-state index is 8.79. The van der Waals surface area contributed by atoms with Gasteiger partial charge in [0.25, 0.3) is 0 Å². The zero-order chi connectivity index (χ0) is 12.4. The van der Waals surface area contributed by atoms with Crippen LogP contribution in [0.4, 0.5) is 0 Å². The molecule has 3 nitrogen and oxygen atoms in total. The lowest BCUT2D eigenvalue weighted by Gasteiger charge is -2.23. The average Bonchev–Trinajstić information content (AvgIpc) is 2.74. The van der Waals surface area contributed by atoms with E-state index >= 15 is 0 Å². The molecule has 1 N–H and O–H groups in total. The average molecular weight is 278 g/mol. The van der Waals surface area contributed by atoms with E-state index in [4.69, 9.17) is 5.26 Å². The second-order valence-electron chi connectivity index (χ2n) is 5.47. The van der Waals surface area contributed by atoms with E-state index in [-0.39, 0.29) is 12.4 Å². The van der Waals surface area contributed by atoms with Crippen LogP contribution in [0.2, 0.25) is 0 Å². The number of hydrogen-bond donors (Lipinski definition) is 1. The Bertz CT molecular complexity index is 451. The van der Waals surface area contributed by atoms with Crippen molar-refractivity contribution in [3.05, 3.63) is 35.4 Å². The molecule has 0 spiro atoms. The lowest BCUT2D eigenvalue weighted by molar-refractivity contribution is 0.251. The van der Waals surface area contributed by atoms with E-state index in [1.807, 2.05) is 12.1 Å². The van der Waals surface area contributed by atoms with Crippen molar-refractivity contribution in [3.63, 3.8) is 0 Å². The maximum absolute atomic E-state index is 8.79. The van der Waals surface area contributed by atoms with E-state index in [0.29, 0.717) is 6.04 Å². The number of likely N-dealkylation sites (tertiary alicyclic amines) is 1. The summed E-state index contributed by atoms with van der Waals surface area (Å²) in [4.78, 5) is 2.54. The highest BCUT2D eigenvalue weighted by Crippen LogP contribution is 2.21. The van der Waals surface area contributed by atoms with Crippen LogP contribution in [0.1, 0.15) is 30.4 Å². The van der Waals surface area contributed by atoms with Gasteiger partial charge in [0.1, 0.15) is 0 Å². The molecule has 1 aromatic rings.